The summed E-state index contributed by atoms with van der Waals surface area (Å²) in [5.41, 5.74) is 5.89. The summed E-state index contributed by atoms with van der Waals surface area (Å²) in [6.45, 7) is 0. The molecule has 5 nitrogen and oxygen atoms in total. The third-order valence-electron chi connectivity index (χ3n) is 2.22. The molecule has 1 atom stereocenters. The Hall–Kier alpha value is -1.72. The van der Waals surface area contributed by atoms with Crippen molar-refractivity contribution in [1.82, 2.24) is 0 Å². The van der Waals surface area contributed by atoms with Crippen molar-refractivity contribution >= 4 is 17.6 Å². The Morgan fingerprint density at radius 2 is 1.94 bits per heavy atom. The normalized spacial score (nSPS) is 12.4. The molecule has 0 radical (unpaired) electrons. The van der Waals surface area contributed by atoms with Crippen molar-refractivity contribution < 1.29 is 18.4 Å². The summed E-state index contributed by atoms with van der Waals surface area (Å²) >= 11 is 5.64. The molecule has 0 saturated carbocycles. The number of nitrogens with two attached hydrogens (primary N) is 1. The van der Waals surface area contributed by atoms with Gasteiger partial charge in [0, 0.05) is 0 Å². The van der Waals surface area contributed by atoms with Crippen molar-refractivity contribution in [2.24, 2.45) is 5.73 Å². The number of carbonyl (C=O) groups is 1. The number of ether oxygens (including phenoxy) is 1. The summed E-state index contributed by atoms with van der Waals surface area (Å²) in [6, 6.07) is 5.70. The molecule has 0 aromatic carbocycles. The molecule has 0 amide bonds. The van der Waals surface area contributed by atoms with E-state index in [0.717, 1.165) is 0 Å². The fourth-order valence-corrected chi connectivity index (χ4v) is 1.52. The van der Waals surface area contributed by atoms with Crippen LogP contribution < -0.4 is 5.73 Å². The zero-order valence-electron chi connectivity index (χ0n) is 8.98. The molecular formula is C11H10ClNO4. The van der Waals surface area contributed by atoms with Gasteiger partial charge in [-0.25, -0.2) is 4.79 Å². The second kappa shape index (κ2) is 4.65. The van der Waals surface area contributed by atoms with Crippen molar-refractivity contribution in [2.45, 2.75) is 6.04 Å². The second-order valence-corrected chi connectivity index (χ2v) is 3.69. The van der Waals surface area contributed by atoms with Gasteiger partial charge in [0.1, 0.15) is 17.6 Å². The van der Waals surface area contributed by atoms with E-state index in [-0.39, 0.29) is 11.0 Å². The minimum absolute atomic E-state index is 0.0932. The first-order chi connectivity index (χ1) is 8.11. The molecule has 0 saturated heterocycles. The van der Waals surface area contributed by atoms with Gasteiger partial charge in [0.25, 0.3) is 0 Å². The molecule has 6 heteroatoms. The Kier molecular flexibility index (Phi) is 3.21. The molecule has 17 heavy (non-hydrogen) atoms. The molecule has 0 bridgehead atoms. The summed E-state index contributed by atoms with van der Waals surface area (Å²) in [7, 11) is 1.27. The van der Waals surface area contributed by atoms with E-state index >= 15 is 0 Å². The average molecular weight is 256 g/mol. The number of carbonyl (C=O) groups excluding carboxylic acids is 1. The molecule has 2 N–H and O–H groups in total. The lowest BCUT2D eigenvalue weighted by atomic mass is 10.2. The van der Waals surface area contributed by atoms with E-state index in [0.29, 0.717) is 11.5 Å². The van der Waals surface area contributed by atoms with Gasteiger partial charge in [0.15, 0.2) is 5.22 Å². The van der Waals surface area contributed by atoms with Gasteiger partial charge in [-0.15, -0.1) is 0 Å². The van der Waals surface area contributed by atoms with Crippen LogP contribution >= 0.6 is 11.6 Å². The SMILES string of the molecule is COC(=O)c1ccc(C(N)c2ccc(Cl)o2)o1. The average Bonchev–Trinajstić information content (AvgIpc) is 2.95. The Balaban J connectivity index is 2.23. The van der Waals surface area contributed by atoms with Crippen LogP contribution in [0.15, 0.2) is 33.1 Å². The van der Waals surface area contributed by atoms with Crippen LogP contribution in [0.2, 0.25) is 5.22 Å². The van der Waals surface area contributed by atoms with Gasteiger partial charge in [0.2, 0.25) is 5.76 Å². The van der Waals surface area contributed by atoms with E-state index in [4.69, 9.17) is 26.2 Å². The fourth-order valence-electron chi connectivity index (χ4n) is 1.37. The summed E-state index contributed by atoms with van der Waals surface area (Å²) in [6.07, 6.45) is 0. The fraction of sp³-hybridized carbons (Fsp3) is 0.182. The first kappa shape index (κ1) is 11.8. The van der Waals surface area contributed by atoms with Gasteiger partial charge in [-0.2, -0.15) is 0 Å². The highest BCUT2D eigenvalue weighted by atomic mass is 35.5. The molecule has 2 aromatic heterocycles. The highest BCUT2D eigenvalue weighted by molar-refractivity contribution is 6.28. The minimum Gasteiger partial charge on any atom is -0.463 e. The van der Waals surface area contributed by atoms with Crippen molar-refractivity contribution in [3.63, 3.8) is 0 Å². The maximum Gasteiger partial charge on any atom is 0.373 e. The molecule has 0 fully saturated rings. The molecule has 0 aliphatic heterocycles. The standard InChI is InChI=1S/C11H10ClNO4/c1-15-11(14)8-3-2-6(16-8)10(13)7-4-5-9(12)17-7/h2-5,10H,13H2,1H3. The number of hydrogen-bond acceptors (Lipinski definition) is 5. The highest BCUT2D eigenvalue weighted by Crippen LogP contribution is 2.25. The maximum atomic E-state index is 11.2. The zero-order chi connectivity index (χ0) is 12.4. The predicted molar refractivity (Wildman–Crippen MR) is 59.8 cm³/mol. The number of furan rings is 2. The van der Waals surface area contributed by atoms with Gasteiger partial charge in [-0.05, 0) is 35.9 Å². The quantitative estimate of drug-likeness (QED) is 0.852. The Morgan fingerprint density at radius 1 is 1.29 bits per heavy atom. The van der Waals surface area contributed by atoms with Gasteiger partial charge in [-0.1, -0.05) is 0 Å². The Bertz CT molecular complexity index is 531. The van der Waals surface area contributed by atoms with E-state index in [2.05, 4.69) is 4.74 Å². The van der Waals surface area contributed by atoms with E-state index in [1.54, 1.807) is 18.2 Å². The summed E-state index contributed by atoms with van der Waals surface area (Å²) < 4.78 is 14.9. The van der Waals surface area contributed by atoms with Crippen LogP contribution in [0.1, 0.15) is 28.1 Å². The summed E-state index contributed by atoms with van der Waals surface area (Å²) in [5.74, 6) is 0.397. The first-order valence-corrected chi connectivity index (χ1v) is 5.18. The molecule has 2 rings (SSSR count). The Morgan fingerprint density at radius 3 is 2.53 bits per heavy atom. The zero-order valence-corrected chi connectivity index (χ0v) is 9.73. The lowest BCUT2D eigenvalue weighted by molar-refractivity contribution is 0.0562. The van der Waals surface area contributed by atoms with Crippen LogP contribution in [0, 0.1) is 0 Å². The van der Waals surface area contributed by atoms with Crippen LogP contribution in [0.4, 0.5) is 0 Å². The van der Waals surface area contributed by atoms with Crippen molar-refractivity contribution in [3.05, 3.63) is 46.8 Å². The molecule has 0 aliphatic carbocycles. The van der Waals surface area contributed by atoms with Crippen molar-refractivity contribution in [2.75, 3.05) is 7.11 Å². The summed E-state index contributed by atoms with van der Waals surface area (Å²) in [5, 5.41) is 0.246. The van der Waals surface area contributed by atoms with Crippen LogP contribution in [0.25, 0.3) is 0 Å². The van der Waals surface area contributed by atoms with Crippen LogP contribution in [0.5, 0.6) is 0 Å². The van der Waals surface area contributed by atoms with E-state index in [1.807, 2.05) is 0 Å². The van der Waals surface area contributed by atoms with Crippen LogP contribution in [-0.2, 0) is 4.74 Å². The minimum atomic E-state index is -0.610. The Labute approximate surface area is 102 Å². The number of hydrogen-bond donors (Lipinski definition) is 1. The first-order valence-electron chi connectivity index (χ1n) is 4.80. The van der Waals surface area contributed by atoms with Gasteiger partial charge in [-0.3, -0.25) is 0 Å². The number of rotatable bonds is 3. The van der Waals surface area contributed by atoms with Crippen molar-refractivity contribution in [1.29, 1.82) is 0 Å². The van der Waals surface area contributed by atoms with Gasteiger partial charge in [0.05, 0.1) is 7.11 Å². The molecule has 2 aromatic rings. The lowest BCUT2D eigenvalue weighted by Gasteiger charge is -2.04. The molecule has 2 heterocycles. The molecule has 0 aliphatic rings. The van der Waals surface area contributed by atoms with Crippen LogP contribution in [0.3, 0.4) is 0 Å². The molecular weight excluding hydrogens is 246 g/mol. The monoisotopic (exact) mass is 255 g/mol. The van der Waals surface area contributed by atoms with Crippen LogP contribution in [-0.4, -0.2) is 13.1 Å². The smallest absolute Gasteiger partial charge is 0.373 e. The molecule has 1 unspecified atom stereocenters. The molecule has 90 valence electrons. The molecule has 0 spiro atoms. The van der Waals surface area contributed by atoms with E-state index in [1.165, 1.54) is 13.2 Å². The van der Waals surface area contributed by atoms with Gasteiger partial charge >= 0.3 is 5.97 Å². The third-order valence-corrected chi connectivity index (χ3v) is 2.42. The highest BCUT2D eigenvalue weighted by Gasteiger charge is 2.19. The topological polar surface area (TPSA) is 78.6 Å². The van der Waals surface area contributed by atoms with E-state index < -0.39 is 12.0 Å². The lowest BCUT2D eigenvalue weighted by Crippen LogP contribution is -2.09. The maximum absolute atomic E-state index is 11.2. The van der Waals surface area contributed by atoms with E-state index in [9.17, 15) is 4.79 Å². The third kappa shape index (κ3) is 2.35. The predicted octanol–water partition coefficient (Wildman–Crippen LogP) is 2.36. The second-order valence-electron chi connectivity index (χ2n) is 3.31. The van der Waals surface area contributed by atoms with Crippen molar-refractivity contribution in [3.8, 4) is 0 Å². The summed E-state index contributed by atoms with van der Waals surface area (Å²) in [4.78, 5) is 11.2. The number of methoxy groups -OCH3 is 1. The number of esters is 1. The van der Waals surface area contributed by atoms with Gasteiger partial charge < -0.3 is 19.3 Å². The number of halogens is 1. The largest absolute Gasteiger partial charge is 0.463 e.